The number of thiophene rings is 1. The average molecular weight is 483 g/mol. The number of methoxy groups -OCH3 is 1. The zero-order valence-electron chi connectivity index (χ0n) is 18.9. The summed E-state index contributed by atoms with van der Waals surface area (Å²) in [5.74, 6) is 0.433. The highest BCUT2D eigenvalue weighted by Gasteiger charge is 2.15. The number of carbonyl (C=O) groups is 1. The maximum absolute atomic E-state index is 13.2. The Labute approximate surface area is 205 Å². The first-order valence-electron chi connectivity index (χ1n) is 10.9. The van der Waals surface area contributed by atoms with E-state index in [2.05, 4.69) is 15.6 Å². The maximum Gasteiger partial charge on any atom is 0.263 e. The molecule has 5 rings (SSSR count). The molecule has 0 spiro atoms. The van der Waals surface area contributed by atoms with E-state index in [0.717, 1.165) is 28.3 Å². The highest BCUT2D eigenvalue weighted by atomic mass is 32.1. The van der Waals surface area contributed by atoms with Gasteiger partial charge in [0.2, 0.25) is 5.91 Å². The summed E-state index contributed by atoms with van der Waals surface area (Å²) in [6.07, 6.45) is 1.42. The fourth-order valence-corrected chi connectivity index (χ4v) is 4.65. The summed E-state index contributed by atoms with van der Waals surface area (Å²) in [5.41, 5.74) is 3.96. The fraction of sp³-hybridized carbons (Fsp3) is 0.0741. The molecule has 0 bridgehead atoms. The molecule has 0 aliphatic heterocycles. The molecule has 7 nitrogen and oxygen atoms in total. The molecular formula is C27H22N4O3S. The third-order valence-electron chi connectivity index (χ3n) is 5.51. The molecule has 0 aliphatic carbocycles. The number of hydrogen-bond donors (Lipinski definition) is 2. The fourth-order valence-electron chi connectivity index (χ4n) is 3.74. The van der Waals surface area contributed by atoms with Gasteiger partial charge >= 0.3 is 0 Å². The van der Waals surface area contributed by atoms with Gasteiger partial charge in [-0.05, 0) is 54.1 Å². The van der Waals surface area contributed by atoms with Crippen LogP contribution >= 0.6 is 11.3 Å². The van der Waals surface area contributed by atoms with Crippen LogP contribution in [-0.4, -0.2) is 22.6 Å². The number of hydrogen-bond acceptors (Lipinski definition) is 6. The molecule has 0 atom stereocenters. The maximum atomic E-state index is 13.2. The van der Waals surface area contributed by atoms with Crippen LogP contribution in [0.15, 0.2) is 95.4 Å². The van der Waals surface area contributed by atoms with Gasteiger partial charge in [-0.3, -0.25) is 14.2 Å². The zero-order chi connectivity index (χ0) is 24.2. The number of anilines is 3. The number of amides is 1. The van der Waals surface area contributed by atoms with Crippen LogP contribution in [0.2, 0.25) is 0 Å². The van der Waals surface area contributed by atoms with Crippen LogP contribution in [0.3, 0.4) is 0 Å². The van der Waals surface area contributed by atoms with Gasteiger partial charge in [0.15, 0.2) is 0 Å². The van der Waals surface area contributed by atoms with Crippen molar-refractivity contribution in [2.45, 2.75) is 6.54 Å². The van der Waals surface area contributed by atoms with Crippen molar-refractivity contribution in [1.29, 1.82) is 0 Å². The van der Waals surface area contributed by atoms with Crippen molar-refractivity contribution < 1.29 is 9.53 Å². The Bertz CT molecular complexity index is 1530. The average Bonchev–Trinajstić information content (AvgIpc) is 3.33. The summed E-state index contributed by atoms with van der Waals surface area (Å²) in [5, 5.41) is 8.56. The molecule has 0 radical (unpaired) electrons. The quantitative estimate of drug-likeness (QED) is 0.319. The molecule has 5 aromatic rings. The van der Waals surface area contributed by atoms with Gasteiger partial charge in [-0.15, -0.1) is 11.3 Å². The Morgan fingerprint density at radius 2 is 1.63 bits per heavy atom. The second kappa shape index (κ2) is 9.82. The Morgan fingerprint density at radius 1 is 0.943 bits per heavy atom. The van der Waals surface area contributed by atoms with Gasteiger partial charge in [0.25, 0.3) is 5.56 Å². The molecule has 174 valence electrons. The van der Waals surface area contributed by atoms with Gasteiger partial charge in [0.05, 0.1) is 18.8 Å². The van der Waals surface area contributed by atoms with Gasteiger partial charge < -0.3 is 15.4 Å². The summed E-state index contributed by atoms with van der Waals surface area (Å²) in [6.45, 7) is -0.135. The predicted octanol–water partition coefficient (Wildman–Crippen LogP) is 5.52. The Balaban J connectivity index is 1.31. The van der Waals surface area contributed by atoms with E-state index in [-0.39, 0.29) is 18.0 Å². The number of nitrogens with zero attached hydrogens (tertiary/aromatic N) is 2. The van der Waals surface area contributed by atoms with Crippen molar-refractivity contribution in [3.05, 3.63) is 101 Å². The van der Waals surface area contributed by atoms with E-state index in [0.29, 0.717) is 15.9 Å². The van der Waals surface area contributed by atoms with Crippen molar-refractivity contribution in [2.75, 3.05) is 17.7 Å². The molecule has 35 heavy (non-hydrogen) atoms. The van der Waals surface area contributed by atoms with Crippen molar-refractivity contribution in [3.63, 3.8) is 0 Å². The molecule has 2 aromatic heterocycles. The summed E-state index contributed by atoms with van der Waals surface area (Å²) in [6, 6.07) is 24.7. The highest BCUT2D eigenvalue weighted by molar-refractivity contribution is 7.17. The predicted molar refractivity (Wildman–Crippen MR) is 141 cm³/mol. The van der Waals surface area contributed by atoms with Gasteiger partial charge in [0.1, 0.15) is 17.1 Å². The number of benzene rings is 3. The van der Waals surface area contributed by atoms with Crippen LogP contribution in [0, 0.1) is 0 Å². The number of fused-ring (bicyclic) bond motifs is 1. The minimum Gasteiger partial charge on any atom is -0.497 e. The van der Waals surface area contributed by atoms with E-state index in [1.54, 1.807) is 7.11 Å². The molecule has 3 aromatic carbocycles. The van der Waals surface area contributed by atoms with Gasteiger partial charge in [-0.1, -0.05) is 30.3 Å². The van der Waals surface area contributed by atoms with Crippen LogP contribution < -0.4 is 20.9 Å². The van der Waals surface area contributed by atoms with E-state index in [1.807, 2.05) is 84.2 Å². The van der Waals surface area contributed by atoms with Gasteiger partial charge in [0, 0.05) is 28.0 Å². The van der Waals surface area contributed by atoms with Crippen LogP contribution in [-0.2, 0) is 11.3 Å². The molecule has 0 fully saturated rings. The lowest BCUT2D eigenvalue weighted by Gasteiger charge is -2.10. The summed E-state index contributed by atoms with van der Waals surface area (Å²) < 4.78 is 6.56. The summed E-state index contributed by atoms with van der Waals surface area (Å²) >= 11 is 1.40. The van der Waals surface area contributed by atoms with Crippen LogP contribution in [0.1, 0.15) is 0 Å². The van der Waals surface area contributed by atoms with E-state index < -0.39 is 0 Å². The van der Waals surface area contributed by atoms with Gasteiger partial charge in [-0.25, -0.2) is 4.98 Å². The van der Waals surface area contributed by atoms with Crippen molar-refractivity contribution in [2.24, 2.45) is 0 Å². The van der Waals surface area contributed by atoms with E-state index >= 15 is 0 Å². The number of rotatable bonds is 7. The Morgan fingerprint density at radius 3 is 2.34 bits per heavy atom. The minimum atomic E-state index is -0.307. The highest BCUT2D eigenvalue weighted by Crippen LogP contribution is 2.31. The molecule has 0 saturated heterocycles. The molecule has 2 N–H and O–H groups in total. The molecule has 0 aliphatic rings. The molecule has 8 heteroatoms. The lowest BCUT2D eigenvalue weighted by molar-refractivity contribution is -0.116. The lowest BCUT2D eigenvalue weighted by Crippen LogP contribution is -2.27. The third kappa shape index (κ3) is 4.92. The van der Waals surface area contributed by atoms with Crippen molar-refractivity contribution in [1.82, 2.24) is 9.55 Å². The second-order valence-electron chi connectivity index (χ2n) is 7.85. The molecule has 0 saturated carbocycles. The summed E-state index contributed by atoms with van der Waals surface area (Å²) in [7, 11) is 1.61. The molecule has 0 unspecified atom stereocenters. The van der Waals surface area contributed by atoms with E-state index in [9.17, 15) is 9.59 Å². The monoisotopic (exact) mass is 482 g/mol. The third-order valence-corrected chi connectivity index (χ3v) is 6.39. The largest absolute Gasteiger partial charge is 0.497 e. The van der Waals surface area contributed by atoms with Gasteiger partial charge in [-0.2, -0.15) is 0 Å². The molecular weight excluding hydrogens is 460 g/mol. The first-order chi connectivity index (χ1) is 17.1. The first kappa shape index (κ1) is 22.4. The Kier molecular flexibility index (Phi) is 6.28. The zero-order valence-corrected chi connectivity index (χ0v) is 19.7. The number of nitrogens with one attached hydrogen (secondary N) is 2. The molecule has 1 amide bonds. The van der Waals surface area contributed by atoms with Crippen LogP contribution in [0.4, 0.5) is 17.1 Å². The second-order valence-corrected chi connectivity index (χ2v) is 8.71. The number of carbonyl (C=O) groups excluding carboxylic acids is 1. The minimum absolute atomic E-state index is 0.135. The first-order valence-corrected chi connectivity index (χ1v) is 11.8. The van der Waals surface area contributed by atoms with Crippen molar-refractivity contribution in [3.8, 4) is 16.9 Å². The SMILES string of the molecule is COc1ccc(-c2csc3ncn(CC(=O)Nc4ccc(Nc5ccccc5)cc4)c(=O)c23)cc1. The smallest absolute Gasteiger partial charge is 0.263 e. The van der Waals surface area contributed by atoms with E-state index in [1.165, 1.54) is 22.2 Å². The Hall–Kier alpha value is -4.43. The topological polar surface area (TPSA) is 85.2 Å². The number of para-hydroxylation sites is 1. The van der Waals surface area contributed by atoms with E-state index in [4.69, 9.17) is 4.74 Å². The number of ether oxygens (including phenoxy) is 1. The van der Waals surface area contributed by atoms with Crippen molar-refractivity contribution >= 4 is 44.5 Å². The normalized spacial score (nSPS) is 10.8. The van der Waals surface area contributed by atoms with Crippen LogP contribution in [0.25, 0.3) is 21.3 Å². The van der Waals surface area contributed by atoms with Crippen LogP contribution in [0.5, 0.6) is 5.75 Å². The standard InChI is InChI=1S/C27H22N4O3S/c1-34-22-13-7-18(8-14-22)23-16-35-26-25(23)27(33)31(17-28-26)15-24(32)30-21-11-9-20(10-12-21)29-19-5-3-2-4-6-19/h2-14,16-17,29H,15H2,1H3,(H,30,32). The number of aromatic nitrogens is 2. The molecule has 2 heterocycles. The lowest BCUT2D eigenvalue weighted by atomic mass is 10.1. The summed E-state index contributed by atoms with van der Waals surface area (Å²) in [4.78, 5) is 31.0.